The second-order valence-corrected chi connectivity index (χ2v) is 5.72. The van der Waals surface area contributed by atoms with Gasteiger partial charge in [-0.25, -0.2) is 4.98 Å². The molecular formula is C13H20N2O2S. The normalized spacial score (nSPS) is 25.0. The molecule has 1 aromatic rings. The number of rotatable bonds is 4. The van der Waals surface area contributed by atoms with Gasteiger partial charge in [-0.1, -0.05) is 0 Å². The Hall–Kier alpha value is -0.940. The number of carbonyl (C=O) groups excluding carboxylic acids is 1. The standard InChI is InChI=1S/C13H20N2O2S/c1-3-17-12(16)13(5-4-6-15(2)9-13)7-11-8-18-10-14-11/h8,10H,3-7,9H2,1-2H3/t13-/m0/s1. The first-order valence-electron chi connectivity index (χ1n) is 6.39. The molecule has 1 aliphatic rings. The molecule has 0 amide bonds. The third kappa shape index (κ3) is 2.90. The molecule has 0 unspecified atom stereocenters. The first-order chi connectivity index (χ1) is 8.66. The maximum atomic E-state index is 12.3. The molecule has 2 rings (SSSR count). The van der Waals surface area contributed by atoms with Crippen molar-refractivity contribution >= 4 is 17.3 Å². The van der Waals surface area contributed by atoms with E-state index in [4.69, 9.17) is 4.74 Å². The number of ether oxygens (including phenoxy) is 1. The van der Waals surface area contributed by atoms with Crippen LogP contribution in [-0.4, -0.2) is 42.6 Å². The van der Waals surface area contributed by atoms with Crippen LogP contribution in [0.15, 0.2) is 10.9 Å². The average Bonchev–Trinajstić information content (AvgIpc) is 2.82. The van der Waals surface area contributed by atoms with Gasteiger partial charge in [-0.15, -0.1) is 11.3 Å². The number of piperidine rings is 1. The Morgan fingerprint density at radius 3 is 3.11 bits per heavy atom. The molecule has 1 saturated heterocycles. The summed E-state index contributed by atoms with van der Waals surface area (Å²) < 4.78 is 5.29. The van der Waals surface area contributed by atoms with Crippen LogP contribution >= 0.6 is 11.3 Å². The van der Waals surface area contributed by atoms with E-state index in [-0.39, 0.29) is 5.97 Å². The molecule has 0 bridgehead atoms. The fourth-order valence-corrected chi connectivity index (χ4v) is 3.26. The van der Waals surface area contributed by atoms with E-state index in [2.05, 4.69) is 16.9 Å². The summed E-state index contributed by atoms with van der Waals surface area (Å²) >= 11 is 1.58. The Balaban J connectivity index is 2.18. The van der Waals surface area contributed by atoms with Crippen molar-refractivity contribution in [3.05, 3.63) is 16.6 Å². The molecule has 2 heterocycles. The second-order valence-electron chi connectivity index (χ2n) is 5.00. The zero-order chi connectivity index (χ0) is 13.0. The molecule has 0 aliphatic carbocycles. The number of carbonyl (C=O) groups is 1. The minimum absolute atomic E-state index is 0.0652. The summed E-state index contributed by atoms with van der Waals surface area (Å²) in [6.07, 6.45) is 2.63. The molecule has 1 atom stereocenters. The van der Waals surface area contributed by atoms with Crippen molar-refractivity contribution in [3.63, 3.8) is 0 Å². The predicted molar refractivity (Wildman–Crippen MR) is 71.6 cm³/mol. The van der Waals surface area contributed by atoms with E-state index in [1.54, 1.807) is 11.3 Å². The molecule has 18 heavy (non-hydrogen) atoms. The Bertz CT molecular complexity index is 394. The van der Waals surface area contributed by atoms with Gasteiger partial charge < -0.3 is 9.64 Å². The molecule has 4 nitrogen and oxygen atoms in total. The molecule has 1 fully saturated rings. The van der Waals surface area contributed by atoms with Gasteiger partial charge in [0.1, 0.15) is 0 Å². The summed E-state index contributed by atoms with van der Waals surface area (Å²) in [7, 11) is 2.06. The van der Waals surface area contributed by atoms with Crippen LogP contribution in [0.2, 0.25) is 0 Å². The summed E-state index contributed by atoms with van der Waals surface area (Å²) in [5.41, 5.74) is 2.42. The van der Waals surface area contributed by atoms with Gasteiger partial charge in [0.05, 0.1) is 23.2 Å². The third-order valence-electron chi connectivity index (χ3n) is 3.48. The number of thiazole rings is 1. The maximum Gasteiger partial charge on any atom is 0.313 e. The van der Waals surface area contributed by atoms with Gasteiger partial charge in [0.2, 0.25) is 0 Å². The SMILES string of the molecule is CCOC(=O)[C@]1(Cc2cscn2)CCCN(C)C1. The fourth-order valence-electron chi connectivity index (χ4n) is 2.70. The molecule has 0 aromatic carbocycles. The van der Waals surface area contributed by atoms with E-state index in [1.165, 1.54) is 0 Å². The molecule has 1 aliphatic heterocycles. The molecule has 0 N–H and O–H groups in total. The topological polar surface area (TPSA) is 42.4 Å². The van der Waals surface area contributed by atoms with Gasteiger partial charge in [0.25, 0.3) is 0 Å². The van der Waals surface area contributed by atoms with E-state index in [1.807, 2.05) is 17.8 Å². The highest BCUT2D eigenvalue weighted by molar-refractivity contribution is 7.07. The fraction of sp³-hybridized carbons (Fsp3) is 0.692. The monoisotopic (exact) mass is 268 g/mol. The van der Waals surface area contributed by atoms with Crippen molar-refractivity contribution in [2.24, 2.45) is 5.41 Å². The van der Waals surface area contributed by atoms with Gasteiger partial charge in [-0.2, -0.15) is 0 Å². The first kappa shape index (κ1) is 13.5. The minimum atomic E-state index is -0.406. The van der Waals surface area contributed by atoms with Crippen LogP contribution < -0.4 is 0 Å². The van der Waals surface area contributed by atoms with E-state index in [9.17, 15) is 4.79 Å². The van der Waals surface area contributed by atoms with Crippen LogP contribution in [0.4, 0.5) is 0 Å². The Morgan fingerprint density at radius 2 is 2.50 bits per heavy atom. The van der Waals surface area contributed by atoms with Gasteiger partial charge >= 0.3 is 5.97 Å². The zero-order valence-electron chi connectivity index (χ0n) is 11.0. The van der Waals surface area contributed by atoms with Crippen molar-refractivity contribution in [1.82, 2.24) is 9.88 Å². The number of likely N-dealkylation sites (tertiary alicyclic amines) is 1. The molecule has 1 aromatic heterocycles. The first-order valence-corrected chi connectivity index (χ1v) is 7.33. The Labute approximate surface area is 112 Å². The zero-order valence-corrected chi connectivity index (χ0v) is 11.8. The lowest BCUT2D eigenvalue weighted by molar-refractivity contribution is -0.158. The van der Waals surface area contributed by atoms with Crippen LogP contribution in [0.5, 0.6) is 0 Å². The van der Waals surface area contributed by atoms with Crippen molar-refractivity contribution in [2.45, 2.75) is 26.2 Å². The summed E-state index contributed by atoms with van der Waals surface area (Å²) in [5.74, 6) is -0.0652. The molecular weight excluding hydrogens is 248 g/mol. The number of nitrogens with zero attached hydrogens (tertiary/aromatic N) is 2. The highest BCUT2D eigenvalue weighted by Crippen LogP contribution is 2.34. The quantitative estimate of drug-likeness (QED) is 0.783. The predicted octanol–water partition coefficient (Wildman–Crippen LogP) is 1.96. The van der Waals surface area contributed by atoms with Crippen LogP contribution in [0.3, 0.4) is 0 Å². The van der Waals surface area contributed by atoms with E-state index in [0.717, 1.165) is 31.6 Å². The van der Waals surface area contributed by atoms with Crippen molar-refractivity contribution in [2.75, 3.05) is 26.7 Å². The number of aromatic nitrogens is 1. The highest BCUT2D eigenvalue weighted by atomic mass is 32.1. The second kappa shape index (κ2) is 5.80. The minimum Gasteiger partial charge on any atom is -0.466 e. The van der Waals surface area contributed by atoms with E-state index >= 15 is 0 Å². The lowest BCUT2D eigenvalue weighted by Gasteiger charge is -2.39. The maximum absolute atomic E-state index is 12.3. The summed E-state index contributed by atoms with van der Waals surface area (Å²) in [4.78, 5) is 18.8. The number of esters is 1. The van der Waals surface area contributed by atoms with Gasteiger partial charge in [-0.3, -0.25) is 4.79 Å². The van der Waals surface area contributed by atoms with Gasteiger partial charge in [-0.05, 0) is 33.4 Å². The summed E-state index contributed by atoms with van der Waals surface area (Å²) in [6.45, 7) is 4.13. The number of hydrogen-bond acceptors (Lipinski definition) is 5. The van der Waals surface area contributed by atoms with Crippen molar-refractivity contribution in [1.29, 1.82) is 0 Å². The smallest absolute Gasteiger partial charge is 0.313 e. The molecule has 0 saturated carbocycles. The van der Waals surface area contributed by atoms with Crippen molar-refractivity contribution < 1.29 is 9.53 Å². The van der Waals surface area contributed by atoms with E-state index < -0.39 is 5.41 Å². The molecule has 0 spiro atoms. The van der Waals surface area contributed by atoms with Crippen LogP contribution in [0.1, 0.15) is 25.5 Å². The van der Waals surface area contributed by atoms with Crippen molar-refractivity contribution in [3.8, 4) is 0 Å². The Morgan fingerprint density at radius 1 is 1.67 bits per heavy atom. The van der Waals surface area contributed by atoms with Crippen LogP contribution in [0, 0.1) is 5.41 Å². The average molecular weight is 268 g/mol. The van der Waals surface area contributed by atoms with Gasteiger partial charge in [0, 0.05) is 18.3 Å². The summed E-state index contributed by atoms with van der Waals surface area (Å²) in [5, 5.41) is 2.02. The molecule has 5 heteroatoms. The molecule has 0 radical (unpaired) electrons. The van der Waals surface area contributed by atoms with Crippen LogP contribution in [-0.2, 0) is 16.0 Å². The lowest BCUT2D eigenvalue weighted by Crippen LogP contribution is -2.48. The van der Waals surface area contributed by atoms with E-state index in [0.29, 0.717) is 13.0 Å². The van der Waals surface area contributed by atoms with Gasteiger partial charge in [0.15, 0.2) is 0 Å². The third-order valence-corrected chi connectivity index (χ3v) is 4.11. The molecule has 100 valence electrons. The highest BCUT2D eigenvalue weighted by Gasteiger charge is 2.43. The van der Waals surface area contributed by atoms with Crippen LogP contribution in [0.25, 0.3) is 0 Å². The Kier molecular flexibility index (Phi) is 4.35. The largest absolute Gasteiger partial charge is 0.466 e. The summed E-state index contributed by atoms with van der Waals surface area (Å²) in [6, 6.07) is 0. The lowest BCUT2D eigenvalue weighted by atomic mass is 9.76. The number of hydrogen-bond donors (Lipinski definition) is 0.